The molecule has 9 heteroatoms. The van der Waals surface area contributed by atoms with Crippen LogP contribution in [0.3, 0.4) is 0 Å². The Labute approximate surface area is 241 Å². The fourth-order valence-electron chi connectivity index (χ4n) is 6.32. The van der Waals surface area contributed by atoms with Crippen molar-refractivity contribution in [3.8, 4) is 17.2 Å². The van der Waals surface area contributed by atoms with Crippen molar-refractivity contribution >= 4 is 17.8 Å². The number of carbonyl (C=O) groups is 3. The molecule has 2 fully saturated rings. The van der Waals surface area contributed by atoms with Crippen LogP contribution in [0.2, 0.25) is 0 Å². The summed E-state index contributed by atoms with van der Waals surface area (Å²) in [6, 6.07) is 11.6. The van der Waals surface area contributed by atoms with E-state index in [1.807, 2.05) is 30.3 Å². The zero-order valence-corrected chi connectivity index (χ0v) is 23.8. The first-order chi connectivity index (χ1) is 19.9. The summed E-state index contributed by atoms with van der Waals surface area (Å²) in [6.07, 6.45) is 7.38. The zero-order chi connectivity index (χ0) is 28.8. The first-order valence-electron chi connectivity index (χ1n) is 14.8. The molecule has 2 heterocycles. The Balaban J connectivity index is 1.35. The molecule has 1 N–H and O–H groups in total. The van der Waals surface area contributed by atoms with E-state index in [0.717, 1.165) is 48.2 Å². The lowest BCUT2D eigenvalue weighted by molar-refractivity contribution is -0.140. The van der Waals surface area contributed by atoms with Gasteiger partial charge in [0.15, 0.2) is 11.5 Å². The largest absolute Gasteiger partial charge is 0.493 e. The topological polar surface area (TPSA) is 106 Å². The second kappa shape index (κ2) is 13.4. The van der Waals surface area contributed by atoms with Crippen molar-refractivity contribution in [1.29, 1.82) is 0 Å². The van der Waals surface area contributed by atoms with Crippen LogP contribution in [0.4, 0.5) is 0 Å². The van der Waals surface area contributed by atoms with Crippen molar-refractivity contribution in [2.75, 3.05) is 33.4 Å². The summed E-state index contributed by atoms with van der Waals surface area (Å²) in [7, 11) is 1.58. The van der Waals surface area contributed by atoms with E-state index in [4.69, 9.17) is 14.2 Å². The van der Waals surface area contributed by atoms with Gasteiger partial charge in [0, 0.05) is 38.4 Å². The number of nitrogens with zero attached hydrogens (tertiary/aromatic N) is 2. The van der Waals surface area contributed by atoms with E-state index in [-0.39, 0.29) is 50.3 Å². The van der Waals surface area contributed by atoms with Crippen molar-refractivity contribution in [3.05, 3.63) is 53.1 Å². The van der Waals surface area contributed by atoms with Gasteiger partial charge in [-0.1, -0.05) is 37.5 Å². The first-order valence-corrected chi connectivity index (χ1v) is 14.8. The lowest BCUT2D eigenvalue weighted by atomic mass is 9.87. The van der Waals surface area contributed by atoms with E-state index in [1.165, 1.54) is 24.2 Å². The minimum absolute atomic E-state index is 0.0125. The van der Waals surface area contributed by atoms with E-state index >= 15 is 0 Å². The maximum absolute atomic E-state index is 12.1. The van der Waals surface area contributed by atoms with Crippen LogP contribution in [-0.2, 0) is 27.3 Å². The van der Waals surface area contributed by atoms with Gasteiger partial charge in [-0.3, -0.25) is 24.2 Å². The van der Waals surface area contributed by atoms with E-state index < -0.39 is 5.97 Å². The van der Waals surface area contributed by atoms with E-state index in [0.29, 0.717) is 30.6 Å². The molecule has 1 unspecified atom stereocenters. The second-order valence-electron chi connectivity index (χ2n) is 11.3. The minimum atomic E-state index is -0.823. The van der Waals surface area contributed by atoms with Crippen LogP contribution in [0, 0.1) is 5.92 Å². The number of carboxylic acid groups (broad SMARTS) is 1. The van der Waals surface area contributed by atoms with Crippen molar-refractivity contribution < 1.29 is 33.7 Å². The van der Waals surface area contributed by atoms with Gasteiger partial charge in [-0.25, -0.2) is 0 Å². The van der Waals surface area contributed by atoms with Crippen LogP contribution in [-0.4, -0.2) is 66.1 Å². The summed E-state index contributed by atoms with van der Waals surface area (Å²) in [6.45, 7) is 2.44. The zero-order valence-electron chi connectivity index (χ0n) is 23.8. The number of hydrogen-bond donors (Lipinski definition) is 1. The lowest BCUT2D eigenvalue weighted by Crippen LogP contribution is -2.35. The number of carbonyl (C=O) groups excluding carboxylic acids is 2. The molecule has 2 aromatic rings. The molecule has 220 valence electrons. The Kier molecular flexibility index (Phi) is 9.44. The molecule has 3 aliphatic rings. The van der Waals surface area contributed by atoms with Gasteiger partial charge in [0.05, 0.1) is 26.7 Å². The van der Waals surface area contributed by atoms with E-state index in [9.17, 15) is 19.5 Å². The molecule has 0 bridgehead atoms. The summed E-state index contributed by atoms with van der Waals surface area (Å²) in [5, 5.41) is 9.94. The number of aliphatic carboxylic acids is 1. The predicted molar refractivity (Wildman–Crippen MR) is 152 cm³/mol. The van der Waals surface area contributed by atoms with E-state index in [1.54, 1.807) is 7.11 Å². The lowest BCUT2D eigenvalue weighted by Gasteiger charge is -2.36. The normalized spacial score (nSPS) is 18.0. The van der Waals surface area contributed by atoms with Crippen molar-refractivity contribution in [2.24, 2.45) is 5.92 Å². The van der Waals surface area contributed by atoms with Crippen LogP contribution in [0.5, 0.6) is 17.2 Å². The second-order valence-corrected chi connectivity index (χ2v) is 11.3. The smallest absolute Gasteiger partial charge is 0.305 e. The van der Waals surface area contributed by atoms with Gasteiger partial charge < -0.3 is 19.3 Å². The summed E-state index contributed by atoms with van der Waals surface area (Å²) >= 11 is 0. The maximum Gasteiger partial charge on any atom is 0.305 e. The third-order valence-corrected chi connectivity index (χ3v) is 8.47. The molecule has 1 saturated heterocycles. The number of likely N-dealkylation sites (tertiary alicyclic amines) is 1. The van der Waals surface area contributed by atoms with Gasteiger partial charge >= 0.3 is 5.97 Å². The summed E-state index contributed by atoms with van der Waals surface area (Å²) in [5.41, 5.74) is 3.14. The number of hydrogen-bond acceptors (Lipinski definition) is 7. The molecule has 41 heavy (non-hydrogen) atoms. The highest BCUT2D eigenvalue weighted by atomic mass is 16.5. The highest BCUT2D eigenvalue weighted by Gasteiger charge is 2.30. The van der Waals surface area contributed by atoms with Crippen LogP contribution < -0.4 is 14.2 Å². The Hall–Kier alpha value is -3.59. The summed E-state index contributed by atoms with van der Waals surface area (Å²) in [4.78, 5) is 39.5. The average Bonchev–Trinajstić information content (AvgIpc) is 3.58. The SMILES string of the molecule is COc1cc(CN(CC2CCCCC2)C(CC(=O)O)c2ccc3c(c2)CCO3)ccc1OCCN1C(=O)CCC1=O. The maximum atomic E-state index is 12.1. The Morgan fingerprint density at radius 2 is 1.83 bits per heavy atom. The van der Waals surface area contributed by atoms with Crippen LogP contribution in [0.25, 0.3) is 0 Å². The molecule has 1 aliphatic carbocycles. The highest BCUT2D eigenvalue weighted by Crippen LogP contribution is 2.36. The Morgan fingerprint density at radius 3 is 2.56 bits per heavy atom. The molecular formula is C32H40N2O7. The number of imide groups is 1. The van der Waals surface area contributed by atoms with Gasteiger partial charge in [0.1, 0.15) is 12.4 Å². The third-order valence-electron chi connectivity index (χ3n) is 8.47. The molecule has 5 rings (SSSR count). The summed E-state index contributed by atoms with van der Waals surface area (Å²) < 4.78 is 17.3. The number of fused-ring (bicyclic) bond motifs is 1. The summed E-state index contributed by atoms with van der Waals surface area (Å²) in [5.74, 6) is 1.37. The fraction of sp³-hybridized carbons (Fsp3) is 0.531. The molecule has 2 aromatic carbocycles. The number of amides is 2. The number of benzene rings is 2. The molecule has 2 aliphatic heterocycles. The number of ether oxygens (including phenoxy) is 3. The van der Waals surface area contributed by atoms with Crippen molar-refractivity contribution in [1.82, 2.24) is 9.80 Å². The van der Waals surface area contributed by atoms with Gasteiger partial charge in [-0.05, 0) is 53.6 Å². The number of rotatable bonds is 13. The van der Waals surface area contributed by atoms with Crippen LogP contribution >= 0.6 is 0 Å². The highest BCUT2D eigenvalue weighted by molar-refractivity contribution is 6.01. The molecule has 9 nitrogen and oxygen atoms in total. The monoisotopic (exact) mass is 564 g/mol. The molecule has 1 atom stereocenters. The van der Waals surface area contributed by atoms with Gasteiger partial charge in [0.2, 0.25) is 11.8 Å². The van der Waals surface area contributed by atoms with E-state index in [2.05, 4.69) is 11.0 Å². The van der Waals surface area contributed by atoms with Gasteiger partial charge in [-0.2, -0.15) is 0 Å². The molecule has 0 radical (unpaired) electrons. The number of carboxylic acids is 1. The quantitative estimate of drug-likeness (QED) is 0.348. The molecule has 1 saturated carbocycles. The molecule has 2 amide bonds. The molecular weight excluding hydrogens is 524 g/mol. The Bertz CT molecular complexity index is 1240. The third kappa shape index (κ3) is 7.19. The van der Waals surface area contributed by atoms with Crippen LogP contribution in [0.15, 0.2) is 36.4 Å². The number of methoxy groups -OCH3 is 1. The fourth-order valence-corrected chi connectivity index (χ4v) is 6.32. The van der Waals surface area contributed by atoms with Gasteiger partial charge in [0.25, 0.3) is 0 Å². The molecule has 0 aromatic heterocycles. The van der Waals surface area contributed by atoms with Gasteiger partial charge in [-0.15, -0.1) is 0 Å². The Morgan fingerprint density at radius 1 is 1.05 bits per heavy atom. The predicted octanol–water partition coefficient (Wildman–Crippen LogP) is 4.76. The van der Waals surface area contributed by atoms with Crippen LogP contribution in [0.1, 0.15) is 74.1 Å². The van der Waals surface area contributed by atoms with Crippen molar-refractivity contribution in [2.45, 2.75) is 70.4 Å². The average molecular weight is 565 g/mol. The first kappa shape index (κ1) is 28.9. The minimum Gasteiger partial charge on any atom is -0.493 e. The standard InChI is InChI=1S/C32H40N2O7/c1-39-29-17-23(7-9-28(29)41-16-14-34-30(35)11-12-31(34)36)21-33(20-22-5-3-2-4-6-22)26(19-32(37)38)24-8-10-27-25(18-24)13-15-40-27/h7-10,17-18,22,26H,2-6,11-16,19-21H2,1H3,(H,37,38). The molecule has 0 spiro atoms. The van der Waals surface area contributed by atoms with Crippen molar-refractivity contribution in [3.63, 3.8) is 0 Å².